The molecule has 0 heterocycles. The van der Waals surface area contributed by atoms with Crippen LogP contribution in [0.1, 0.15) is 45.1 Å². The molecule has 5 nitrogen and oxygen atoms in total. The minimum absolute atomic E-state index is 0.123. The van der Waals surface area contributed by atoms with Crippen molar-refractivity contribution in [2.24, 2.45) is 0 Å². The first-order chi connectivity index (χ1) is 10.8. The Hall–Kier alpha value is -2.04. The SMILES string of the molecule is COc1ccc(CCCCCC(=O)N(C)C(C)(C)C(=O)O)cc1. The van der Waals surface area contributed by atoms with E-state index in [2.05, 4.69) is 0 Å². The van der Waals surface area contributed by atoms with E-state index in [-0.39, 0.29) is 5.91 Å². The van der Waals surface area contributed by atoms with Gasteiger partial charge in [0.1, 0.15) is 11.3 Å². The average molecular weight is 321 g/mol. The van der Waals surface area contributed by atoms with E-state index in [1.165, 1.54) is 24.3 Å². The van der Waals surface area contributed by atoms with Crippen LogP contribution in [-0.4, -0.2) is 41.6 Å². The van der Waals surface area contributed by atoms with Crippen LogP contribution in [0.3, 0.4) is 0 Å². The maximum Gasteiger partial charge on any atom is 0.329 e. The van der Waals surface area contributed by atoms with Gasteiger partial charge in [-0.2, -0.15) is 0 Å². The molecule has 5 heteroatoms. The number of carbonyl (C=O) groups excluding carboxylic acids is 1. The number of hydrogen-bond acceptors (Lipinski definition) is 3. The average Bonchev–Trinajstić information content (AvgIpc) is 2.53. The number of carboxylic acids is 1. The highest BCUT2D eigenvalue weighted by Crippen LogP contribution is 2.16. The molecule has 0 bridgehead atoms. The number of unbranched alkanes of at least 4 members (excludes halogenated alkanes) is 2. The molecule has 23 heavy (non-hydrogen) atoms. The van der Waals surface area contributed by atoms with E-state index in [1.807, 2.05) is 24.3 Å². The minimum atomic E-state index is -1.17. The molecule has 0 unspecified atom stereocenters. The van der Waals surface area contributed by atoms with Crippen LogP contribution in [0.2, 0.25) is 0 Å². The van der Waals surface area contributed by atoms with Gasteiger partial charge in [0.25, 0.3) is 0 Å². The van der Waals surface area contributed by atoms with Gasteiger partial charge >= 0.3 is 5.97 Å². The summed E-state index contributed by atoms with van der Waals surface area (Å²) in [6.45, 7) is 3.08. The molecule has 1 aromatic carbocycles. The lowest BCUT2D eigenvalue weighted by molar-refractivity contribution is -0.155. The number of rotatable bonds is 9. The fourth-order valence-electron chi connectivity index (χ4n) is 2.20. The third-order valence-corrected chi connectivity index (χ3v) is 4.25. The van der Waals surface area contributed by atoms with Gasteiger partial charge in [-0.1, -0.05) is 18.6 Å². The summed E-state index contributed by atoms with van der Waals surface area (Å²) >= 11 is 0. The lowest BCUT2D eigenvalue weighted by Gasteiger charge is -2.31. The molecule has 0 aliphatic rings. The highest BCUT2D eigenvalue weighted by atomic mass is 16.5. The monoisotopic (exact) mass is 321 g/mol. The van der Waals surface area contributed by atoms with Crippen LogP contribution in [0.4, 0.5) is 0 Å². The number of carboxylic acid groups (broad SMARTS) is 1. The van der Waals surface area contributed by atoms with Crippen molar-refractivity contribution >= 4 is 11.9 Å². The Morgan fingerprint density at radius 2 is 1.74 bits per heavy atom. The number of aliphatic carboxylic acids is 1. The van der Waals surface area contributed by atoms with Crippen molar-refractivity contribution in [3.8, 4) is 5.75 Å². The van der Waals surface area contributed by atoms with Crippen LogP contribution in [0, 0.1) is 0 Å². The summed E-state index contributed by atoms with van der Waals surface area (Å²) in [5.74, 6) is -0.266. The zero-order valence-corrected chi connectivity index (χ0v) is 14.5. The van der Waals surface area contributed by atoms with Crippen LogP contribution in [0.5, 0.6) is 5.75 Å². The Kier molecular flexibility index (Phi) is 7.07. The first-order valence-corrected chi connectivity index (χ1v) is 7.92. The molecule has 0 spiro atoms. The van der Waals surface area contributed by atoms with E-state index in [4.69, 9.17) is 9.84 Å². The molecule has 0 aliphatic heterocycles. The second-order valence-electron chi connectivity index (χ2n) is 6.23. The molecule has 0 atom stereocenters. The highest BCUT2D eigenvalue weighted by molar-refractivity contribution is 5.86. The number of likely N-dealkylation sites (N-methyl/N-ethyl adjacent to an activating group) is 1. The topological polar surface area (TPSA) is 66.8 Å². The number of ether oxygens (including phenoxy) is 1. The van der Waals surface area contributed by atoms with Crippen molar-refractivity contribution in [2.75, 3.05) is 14.2 Å². The van der Waals surface area contributed by atoms with Crippen molar-refractivity contribution < 1.29 is 19.4 Å². The van der Waals surface area contributed by atoms with E-state index < -0.39 is 11.5 Å². The molecule has 0 saturated heterocycles. The Balaban J connectivity index is 2.28. The van der Waals surface area contributed by atoms with E-state index in [0.29, 0.717) is 6.42 Å². The number of carbonyl (C=O) groups is 2. The first-order valence-electron chi connectivity index (χ1n) is 7.92. The van der Waals surface area contributed by atoms with E-state index in [9.17, 15) is 9.59 Å². The van der Waals surface area contributed by atoms with Gasteiger partial charge in [-0.05, 0) is 50.8 Å². The van der Waals surface area contributed by atoms with E-state index in [1.54, 1.807) is 14.2 Å². The largest absolute Gasteiger partial charge is 0.497 e. The maximum atomic E-state index is 12.0. The fourth-order valence-corrected chi connectivity index (χ4v) is 2.20. The second kappa shape index (κ2) is 8.56. The zero-order chi connectivity index (χ0) is 17.5. The first kappa shape index (κ1) is 19.0. The Bertz CT molecular complexity index is 522. The Morgan fingerprint density at radius 1 is 1.13 bits per heavy atom. The molecule has 0 aromatic heterocycles. The number of hydrogen-bond donors (Lipinski definition) is 1. The van der Waals surface area contributed by atoms with Crippen molar-refractivity contribution in [2.45, 2.75) is 51.5 Å². The number of aryl methyl sites for hydroxylation is 1. The molecule has 1 N–H and O–H groups in total. The molecule has 128 valence electrons. The lowest BCUT2D eigenvalue weighted by Crippen LogP contribution is -2.50. The Labute approximate surface area is 138 Å². The molecular formula is C18H27NO4. The van der Waals surface area contributed by atoms with Gasteiger partial charge in [0.15, 0.2) is 0 Å². The molecule has 1 aromatic rings. The summed E-state index contributed by atoms with van der Waals surface area (Å²) in [7, 11) is 3.20. The summed E-state index contributed by atoms with van der Waals surface area (Å²) < 4.78 is 5.12. The second-order valence-corrected chi connectivity index (χ2v) is 6.23. The normalized spacial score (nSPS) is 11.1. The molecule has 1 rings (SSSR count). The number of amides is 1. The zero-order valence-electron chi connectivity index (χ0n) is 14.5. The van der Waals surface area contributed by atoms with Crippen LogP contribution in [-0.2, 0) is 16.0 Å². The number of benzene rings is 1. The maximum absolute atomic E-state index is 12.0. The smallest absolute Gasteiger partial charge is 0.329 e. The number of nitrogens with zero attached hydrogens (tertiary/aromatic N) is 1. The van der Waals surface area contributed by atoms with Crippen molar-refractivity contribution in [1.29, 1.82) is 0 Å². The third-order valence-electron chi connectivity index (χ3n) is 4.25. The third kappa shape index (κ3) is 5.58. The molecule has 1 amide bonds. The van der Waals surface area contributed by atoms with E-state index >= 15 is 0 Å². The molecule has 0 fully saturated rings. The summed E-state index contributed by atoms with van der Waals surface area (Å²) in [5.41, 5.74) is 0.0847. The predicted molar refractivity (Wildman–Crippen MR) is 89.7 cm³/mol. The predicted octanol–water partition coefficient (Wildman–Crippen LogP) is 3.12. The van der Waals surface area contributed by atoms with Crippen molar-refractivity contribution in [3.05, 3.63) is 29.8 Å². The van der Waals surface area contributed by atoms with Gasteiger partial charge < -0.3 is 14.7 Å². The molecule has 0 aliphatic carbocycles. The van der Waals surface area contributed by atoms with Crippen LogP contribution in [0.15, 0.2) is 24.3 Å². The van der Waals surface area contributed by atoms with Gasteiger partial charge in [0, 0.05) is 13.5 Å². The van der Waals surface area contributed by atoms with Crippen LogP contribution < -0.4 is 4.74 Å². The highest BCUT2D eigenvalue weighted by Gasteiger charge is 2.34. The summed E-state index contributed by atoms with van der Waals surface area (Å²) in [4.78, 5) is 24.5. The van der Waals surface area contributed by atoms with Crippen molar-refractivity contribution in [1.82, 2.24) is 4.90 Å². The minimum Gasteiger partial charge on any atom is -0.497 e. The molecular weight excluding hydrogens is 294 g/mol. The standard InChI is InChI=1S/C18H27NO4/c1-18(2,17(21)22)19(3)16(20)9-7-5-6-8-14-10-12-15(23-4)13-11-14/h10-13H,5-9H2,1-4H3,(H,21,22). The molecule has 0 radical (unpaired) electrons. The van der Waals surface area contributed by atoms with Crippen LogP contribution in [0.25, 0.3) is 0 Å². The Morgan fingerprint density at radius 3 is 2.26 bits per heavy atom. The number of methoxy groups -OCH3 is 1. The lowest BCUT2D eigenvalue weighted by atomic mass is 10.0. The summed E-state index contributed by atoms with van der Waals surface area (Å²) in [5, 5.41) is 9.13. The van der Waals surface area contributed by atoms with Gasteiger partial charge in [0.2, 0.25) is 5.91 Å². The summed E-state index contributed by atoms with van der Waals surface area (Å²) in [6, 6.07) is 7.99. The van der Waals surface area contributed by atoms with Crippen LogP contribution >= 0.6 is 0 Å². The van der Waals surface area contributed by atoms with Gasteiger partial charge in [-0.25, -0.2) is 4.79 Å². The van der Waals surface area contributed by atoms with Gasteiger partial charge in [0.05, 0.1) is 7.11 Å². The van der Waals surface area contributed by atoms with E-state index in [0.717, 1.165) is 31.4 Å². The van der Waals surface area contributed by atoms with Gasteiger partial charge in [-0.15, -0.1) is 0 Å². The summed E-state index contributed by atoms with van der Waals surface area (Å²) in [6.07, 6.45) is 4.07. The quantitative estimate of drug-likeness (QED) is 0.710. The van der Waals surface area contributed by atoms with Crippen molar-refractivity contribution in [3.63, 3.8) is 0 Å². The fraction of sp³-hybridized carbons (Fsp3) is 0.556. The molecule has 0 saturated carbocycles. The van der Waals surface area contributed by atoms with Gasteiger partial charge in [-0.3, -0.25) is 4.79 Å².